The zero-order valence-electron chi connectivity index (χ0n) is 13.4. The van der Waals surface area contributed by atoms with Gasteiger partial charge in [-0.25, -0.2) is 8.42 Å². The molecule has 2 saturated carbocycles. The third-order valence-electron chi connectivity index (χ3n) is 4.55. The van der Waals surface area contributed by atoms with Gasteiger partial charge in [-0.05, 0) is 54.2 Å². The Morgan fingerprint density at radius 2 is 1.71 bits per heavy atom. The second kappa shape index (κ2) is 4.73. The van der Waals surface area contributed by atoms with Gasteiger partial charge in [0.1, 0.15) is 0 Å². The van der Waals surface area contributed by atoms with E-state index in [1.165, 1.54) is 22.7 Å². The first kappa shape index (κ1) is 14.9. The van der Waals surface area contributed by atoms with Gasteiger partial charge >= 0.3 is 0 Å². The molecule has 2 aliphatic carbocycles. The maximum atomic E-state index is 12.6. The molecular weight excluding hydrogens is 282 g/mol. The molecule has 0 aliphatic heterocycles. The van der Waals surface area contributed by atoms with Gasteiger partial charge in [-0.2, -0.15) is 0 Å². The Kier molecular flexibility index (Phi) is 3.36. The summed E-state index contributed by atoms with van der Waals surface area (Å²) in [5.74, 6) is 0.634. The fourth-order valence-electron chi connectivity index (χ4n) is 2.84. The van der Waals surface area contributed by atoms with Crippen molar-refractivity contribution in [3.8, 4) is 0 Å². The van der Waals surface area contributed by atoms with Crippen molar-refractivity contribution in [2.24, 2.45) is 0 Å². The van der Waals surface area contributed by atoms with Crippen LogP contribution >= 0.6 is 0 Å². The van der Waals surface area contributed by atoms with Crippen LogP contribution in [0.3, 0.4) is 0 Å². The Labute approximate surface area is 128 Å². The molecule has 21 heavy (non-hydrogen) atoms. The second-order valence-electron chi connectivity index (χ2n) is 7.51. The Balaban J connectivity index is 2.07. The highest BCUT2D eigenvalue weighted by Gasteiger charge is 2.40. The van der Waals surface area contributed by atoms with E-state index < -0.39 is 10.0 Å². The molecule has 2 fully saturated rings. The van der Waals surface area contributed by atoms with E-state index in [0.717, 1.165) is 24.1 Å². The van der Waals surface area contributed by atoms with Crippen molar-refractivity contribution in [2.45, 2.75) is 63.0 Å². The average Bonchev–Trinajstić information content (AvgIpc) is 3.29. The van der Waals surface area contributed by atoms with Crippen molar-refractivity contribution < 1.29 is 8.42 Å². The van der Waals surface area contributed by atoms with Crippen molar-refractivity contribution in [2.75, 3.05) is 11.4 Å². The van der Waals surface area contributed by atoms with Crippen LogP contribution in [0.1, 0.15) is 63.5 Å². The smallest absolute Gasteiger partial charge is 0.237 e. The van der Waals surface area contributed by atoms with Crippen LogP contribution in [0, 0.1) is 0 Å². The largest absolute Gasteiger partial charge is 0.273 e. The number of hydrogen-bond acceptors (Lipinski definition) is 2. The molecule has 0 spiro atoms. The lowest BCUT2D eigenvalue weighted by Gasteiger charge is -2.29. The van der Waals surface area contributed by atoms with Gasteiger partial charge in [0, 0.05) is 7.05 Å². The molecular formula is C17H25NO2S. The van der Waals surface area contributed by atoms with Crippen molar-refractivity contribution >= 4 is 15.7 Å². The maximum Gasteiger partial charge on any atom is 0.237 e. The monoisotopic (exact) mass is 307 g/mol. The van der Waals surface area contributed by atoms with E-state index in [1.54, 1.807) is 7.05 Å². The molecule has 3 nitrogen and oxygen atoms in total. The minimum absolute atomic E-state index is 0.0647. The van der Waals surface area contributed by atoms with Gasteiger partial charge in [-0.15, -0.1) is 0 Å². The zero-order valence-corrected chi connectivity index (χ0v) is 14.2. The standard InChI is InChI=1S/C17H25NO2S/c1-17(2,3)15-10-7-13(12-5-6-12)11-16(15)18(4)21(19,20)14-8-9-14/h7,10-12,14H,5-6,8-9H2,1-4H3. The van der Waals surface area contributed by atoms with Crippen LogP contribution in [0.4, 0.5) is 5.69 Å². The molecule has 1 aromatic carbocycles. The molecule has 0 amide bonds. The van der Waals surface area contributed by atoms with E-state index in [4.69, 9.17) is 0 Å². The van der Waals surface area contributed by atoms with Crippen LogP contribution in [0.5, 0.6) is 0 Å². The average molecular weight is 307 g/mol. The molecule has 0 bridgehead atoms. The first-order chi connectivity index (χ1) is 9.71. The Morgan fingerprint density at radius 3 is 2.19 bits per heavy atom. The topological polar surface area (TPSA) is 37.4 Å². The van der Waals surface area contributed by atoms with E-state index >= 15 is 0 Å². The number of benzene rings is 1. The third kappa shape index (κ3) is 2.83. The molecule has 0 atom stereocenters. The molecule has 0 saturated heterocycles. The van der Waals surface area contributed by atoms with Gasteiger partial charge in [-0.1, -0.05) is 32.9 Å². The quantitative estimate of drug-likeness (QED) is 0.848. The van der Waals surface area contributed by atoms with Gasteiger partial charge in [0.25, 0.3) is 0 Å². The van der Waals surface area contributed by atoms with Crippen LogP contribution in [0.25, 0.3) is 0 Å². The first-order valence-corrected chi connectivity index (χ1v) is 9.34. The highest BCUT2D eigenvalue weighted by atomic mass is 32.2. The SMILES string of the molecule is CN(c1cc(C2CC2)ccc1C(C)(C)C)S(=O)(=O)C1CC1. The number of rotatable bonds is 4. The third-order valence-corrected chi connectivity index (χ3v) is 6.82. The highest BCUT2D eigenvalue weighted by Crippen LogP contribution is 2.44. The summed E-state index contributed by atoms with van der Waals surface area (Å²) in [5, 5.41) is -0.167. The molecule has 1 aromatic rings. The predicted molar refractivity (Wildman–Crippen MR) is 87.5 cm³/mol. The summed E-state index contributed by atoms with van der Waals surface area (Å²) in [6.45, 7) is 6.42. The number of hydrogen-bond donors (Lipinski definition) is 0. The van der Waals surface area contributed by atoms with Crippen LogP contribution in [0.15, 0.2) is 18.2 Å². The van der Waals surface area contributed by atoms with Crippen LogP contribution < -0.4 is 4.31 Å². The molecule has 0 radical (unpaired) electrons. The summed E-state index contributed by atoms with van der Waals surface area (Å²) in [4.78, 5) is 0. The first-order valence-electron chi connectivity index (χ1n) is 7.83. The summed E-state index contributed by atoms with van der Waals surface area (Å²) in [6.07, 6.45) is 4.07. The normalized spacial score (nSPS) is 19.6. The lowest BCUT2D eigenvalue weighted by molar-refractivity contribution is 0.583. The molecule has 2 aliphatic rings. The van der Waals surface area contributed by atoms with Gasteiger partial charge < -0.3 is 0 Å². The summed E-state index contributed by atoms with van der Waals surface area (Å²) in [6, 6.07) is 6.42. The van der Waals surface area contributed by atoms with Crippen LogP contribution in [-0.2, 0) is 15.4 Å². The lowest BCUT2D eigenvalue weighted by Crippen LogP contribution is -2.32. The Hall–Kier alpha value is -1.03. The minimum Gasteiger partial charge on any atom is -0.273 e. The summed E-state index contributed by atoms with van der Waals surface area (Å²) < 4.78 is 26.7. The van der Waals surface area contributed by atoms with Gasteiger partial charge in [0.15, 0.2) is 0 Å². The molecule has 0 unspecified atom stereocenters. The fourth-order valence-corrected chi connectivity index (χ4v) is 4.44. The fraction of sp³-hybridized carbons (Fsp3) is 0.647. The van der Waals surface area contributed by atoms with E-state index in [-0.39, 0.29) is 10.7 Å². The molecule has 0 N–H and O–H groups in total. The maximum absolute atomic E-state index is 12.6. The number of nitrogens with zero attached hydrogens (tertiary/aromatic N) is 1. The molecule has 4 heteroatoms. The molecule has 116 valence electrons. The molecule has 0 aromatic heterocycles. The van der Waals surface area contributed by atoms with E-state index in [9.17, 15) is 8.42 Å². The Bertz CT molecular complexity index is 650. The van der Waals surface area contributed by atoms with E-state index in [1.807, 2.05) is 0 Å². The summed E-state index contributed by atoms with van der Waals surface area (Å²) in [7, 11) is -1.47. The van der Waals surface area contributed by atoms with Crippen molar-refractivity contribution in [1.29, 1.82) is 0 Å². The molecule has 0 heterocycles. The number of anilines is 1. The molecule has 3 rings (SSSR count). The second-order valence-corrected chi connectivity index (χ2v) is 9.76. The van der Waals surface area contributed by atoms with Gasteiger partial charge in [0.2, 0.25) is 10.0 Å². The summed E-state index contributed by atoms with van der Waals surface area (Å²) >= 11 is 0. The van der Waals surface area contributed by atoms with Crippen LogP contribution in [0.2, 0.25) is 0 Å². The van der Waals surface area contributed by atoms with Gasteiger partial charge in [-0.3, -0.25) is 4.31 Å². The minimum atomic E-state index is -3.19. The van der Waals surface area contributed by atoms with Crippen molar-refractivity contribution in [1.82, 2.24) is 0 Å². The van der Waals surface area contributed by atoms with Gasteiger partial charge in [0.05, 0.1) is 10.9 Å². The summed E-state index contributed by atoms with van der Waals surface area (Å²) in [5.41, 5.74) is 3.21. The van der Waals surface area contributed by atoms with Crippen molar-refractivity contribution in [3.63, 3.8) is 0 Å². The Morgan fingerprint density at radius 1 is 1.10 bits per heavy atom. The van der Waals surface area contributed by atoms with Crippen molar-refractivity contribution in [3.05, 3.63) is 29.3 Å². The van der Waals surface area contributed by atoms with E-state index in [0.29, 0.717) is 5.92 Å². The van der Waals surface area contributed by atoms with Crippen LogP contribution in [-0.4, -0.2) is 20.7 Å². The zero-order chi connectivity index (χ0) is 15.4. The predicted octanol–water partition coefficient (Wildman–Crippen LogP) is 3.79. The lowest BCUT2D eigenvalue weighted by atomic mass is 9.85. The van der Waals surface area contributed by atoms with E-state index in [2.05, 4.69) is 39.0 Å². The highest BCUT2D eigenvalue weighted by molar-refractivity contribution is 7.93. The number of sulfonamides is 1.